The van der Waals surface area contributed by atoms with E-state index >= 15 is 0 Å². The molecule has 1 aliphatic rings. The zero-order chi connectivity index (χ0) is 14.5. The third kappa shape index (κ3) is 2.36. The summed E-state index contributed by atoms with van der Waals surface area (Å²) in [4.78, 5) is 16.4. The Hall–Kier alpha value is -1.33. The van der Waals surface area contributed by atoms with Gasteiger partial charge in [-0.15, -0.1) is 23.2 Å². The van der Waals surface area contributed by atoms with Crippen LogP contribution in [0.3, 0.4) is 0 Å². The number of pyridine rings is 1. The van der Waals surface area contributed by atoms with Crippen molar-refractivity contribution < 1.29 is 14.1 Å². The van der Waals surface area contributed by atoms with Gasteiger partial charge in [-0.3, -0.25) is 0 Å². The molecule has 2 aromatic rings. The van der Waals surface area contributed by atoms with Crippen LogP contribution in [0.4, 0.5) is 0 Å². The molecular formula is C13H12Cl2N2O3. The van der Waals surface area contributed by atoms with Gasteiger partial charge < -0.3 is 9.26 Å². The lowest BCUT2D eigenvalue weighted by Crippen LogP contribution is -2.11. The molecular weight excluding hydrogens is 303 g/mol. The van der Waals surface area contributed by atoms with E-state index in [9.17, 15) is 4.79 Å². The molecule has 0 aromatic carbocycles. The van der Waals surface area contributed by atoms with Gasteiger partial charge in [0.2, 0.25) is 0 Å². The SMILES string of the molecule is Cc1cc(C(=O)OCC2CC2(Cl)Cl)c2c(C)noc2n1. The molecule has 0 aliphatic heterocycles. The molecule has 0 N–H and O–H groups in total. The van der Waals surface area contributed by atoms with Gasteiger partial charge in [-0.2, -0.15) is 0 Å². The first-order valence-electron chi connectivity index (χ1n) is 6.17. The van der Waals surface area contributed by atoms with E-state index in [4.69, 9.17) is 32.5 Å². The Bertz CT molecular complexity index is 696. The van der Waals surface area contributed by atoms with Gasteiger partial charge in [0.15, 0.2) is 0 Å². The molecule has 20 heavy (non-hydrogen) atoms. The average Bonchev–Trinajstić information content (AvgIpc) is 2.82. The van der Waals surface area contributed by atoms with E-state index in [2.05, 4.69) is 10.1 Å². The summed E-state index contributed by atoms with van der Waals surface area (Å²) < 4.78 is 9.60. The van der Waals surface area contributed by atoms with Crippen molar-refractivity contribution in [2.45, 2.75) is 24.6 Å². The molecule has 2 aromatic heterocycles. The molecule has 2 heterocycles. The van der Waals surface area contributed by atoms with Gasteiger partial charge in [0, 0.05) is 11.6 Å². The van der Waals surface area contributed by atoms with Crippen LogP contribution in [-0.2, 0) is 4.74 Å². The van der Waals surface area contributed by atoms with E-state index in [1.165, 1.54) is 0 Å². The summed E-state index contributed by atoms with van der Waals surface area (Å²) >= 11 is 11.8. The highest BCUT2D eigenvalue weighted by Gasteiger charge is 2.52. The number of halogens is 2. The predicted molar refractivity (Wildman–Crippen MR) is 74.1 cm³/mol. The molecule has 1 unspecified atom stereocenters. The minimum Gasteiger partial charge on any atom is -0.462 e. The summed E-state index contributed by atoms with van der Waals surface area (Å²) in [6.07, 6.45) is 0.639. The molecule has 3 rings (SSSR count). The lowest BCUT2D eigenvalue weighted by Gasteiger charge is -2.06. The molecule has 0 spiro atoms. The Kier molecular flexibility index (Phi) is 3.14. The molecule has 0 radical (unpaired) electrons. The molecule has 0 saturated heterocycles. The number of fused-ring (bicyclic) bond motifs is 1. The molecule has 0 bridgehead atoms. The lowest BCUT2D eigenvalue weighted by molar-refractivity contribution is 0.0487. The second-order valence-corrected chi connectivity index (χ2v) is 6.56. The highest BCUT2D eigenvalue weighted by Crippen LogP contribution is 2.53. The number of nitrogens with zero attached hydrogens (tertiary/aromatic N) is 2. The summed E-state index contributed by atoms with van der Waals surface area (Å²) in [5.41, 5.74) is 2.01. The average molecular weight is 315 g/mol. The van der Waals surface area contributed by atoms with E-state index in [1.807, 2.05) is 0 Å². The Labute approximate surface area is 125 Å². The number of aromatic nitrogens is 2. The Balaban J connectivity index is 1.85. The molecule has 1 saturated carbocycles. The highest BCUT2D eigenvalue weighted by molar-refractivity contribution is 6.50. The largest absolute Gasteiger partial charge is 0.462 e. The zero-order valence-corrected chi connectivity index (χ0v) is 12.5. The van der Waals surface area contributed by atoms with Crippen molar-refractivity contribution in [1.82, 2.24) is 10.1 Å². The lowest BCUT2D eigenvalue weighted by atomic mass is 10.1. The number of aryl methyl sites for hydroxylation is 2. The minimum absolute atomic E-state index is 0.00298. The number of rotatable bonds is 3. The van der Waals surface area contributed by atoms with Crippen molar-refractivity contribution in [3.05, 3.63) is 23.0 Å². The Morgan fingerprint density at radius 2 is 2.25 bits per heavy atom. The maximum Gasteiger partial charge on any atom is 0.339 e. The molecule has 7 heteroatoms. The first-order valence-corrected chi connectivity index (χ1v) is 6.92. The number of hydrogen-bond acceptors (Lipinski definition) is 5. The topological polar surface area (TPSA) is 65.2 Å². The first kappa shape index (κ1) is 13.6. The van der Waals surface area contributed by atoms with Crippen LogP contribution < -0.4 is 0 Å². The number of carbonyl (C=O) groups excluding carboxylic acids is 1. The number of hydrogen-bond donors (Lipinski definition) is 0. The molecule has 1 atom stereocenters. The van der Waals surface area contributed by atoms with E-state index < -0.39 is 10.3 Å². The molecule has 5 nitrogen and oxygen atoms in total. The smallest absolute Gasteiger partial charge is 0.339 e. The summed E-state index contributed by atoms with van der Waals surface area (Å²) in [5, 5.41) is 4.41. The minimum atomic E-state index is -0.753. The van der Waals surface area contributed by atoms with Crippen molar-refractivity contribution >= 4 is 40.3 Å². The van der Waals surface area contributed by atoms with Crippen LogP contribution in [0.2, 0.25) is 0 Å². The van der Waals surface area contributed by atoms with E-state index in [0.29, 0.717) is 34.5 Å². The van der Waals surface area contributed by atoms with Gasteiger partial charge in [-0.25, -0.2) is 9.78 Å². The number of carbonyl (C=O) groups is 1. The van der Waals surface area contributed by atoms with Gasteiger partial charge in [-0.1, -0.05) is 5.16 Å². The third-order valence-electron chi connectivity index (χ3n) is 3.34. The van der Waals surface area contributed by atoms with Gasteiger partial charge in [-0.05, 0) is 26.3 Å². The summed E-state index contributed by atoms with van der Waals surface area (Å²) in [6, 6.07) is 1.66. The van der Waals surface area contributed by atoms with Crippen molar-refractivity contribution in [3.8, 4) is 0 Å². The Morgan fingerprint density at radius 1 is 1.55 bits per heavy atom. The Morgan fingerprint density at radius 3 is 2.90 bits per heavy atom. The first-order chi connectivity index (χ1) is 9.38. The maximum absolute atomic E-state index is 12.2. The fraction of sp³-hybridized carbons (Fsp3) is 0.462. The monoisotopic (exact) mass is 314 g/mol. The van der Waals surface area contributed by atoms with Crippen molar-refractivity contribution in [3.63, 3.8) is 0 Å². The quantitative estimate of drug-likeness (QED) is 0.643. The van der Waals surface area contributed by atoms with Gasteiger partial charge in [0.25, 0.3) is 5.71 Å². The van der Waals surface area contributed by atoms with Crippen molar-refractivity contribution in [1.29, 1.82) is 0 Å². The second-order valence-electron chi connectivity index (χ2n) is 5.02. The fourth-order valence-corrected chi connectivity index (χ4v) is 2.58. The number of alkyl halides is 2. The van der Waals surface area contributed by atoms with Crippen LogP contribution in [0, 0.1) is 19.8 Å². The van der Waals surface area contributed by atoms with Crippen molar-refractivity contribution in [2.75, 3.05) is 6.61 Å². The van der Waals surface area contributed by atoms with E-state index in [0.717, 1.165) is 0 Å². The van der Waals surface area contributed by atoms with E-state index in [-0.39, 0.29) is 12.5 Å². The number of ether oxygens (including phenoxy) is 1. The van der Waals surface area contributed by atoms with Crippen LogP contribution in [0.1, 0.15) is 28.2 Å². The van der Waals surface area contributed by atoms with Crippen LogP contribution in [0.15, 0.2) is 10.6 Å². The molecule has 1 aliphatic carbocycles. The third-order valence-corrected chi connectivity index (χ3v) is 4.26. The van der Waals surface area contributed by atoms with Gasteiger partial charge in [0.05, 0.1) is 23.3 Å². The fourth-order valence-electron chi connectivity index (χ4n) is 2.08. The van der Waals surface area contributed by atoms with Crippen molar-refractivity contribution in [2.24, 2.45) is 5.92 Å². The maximum atomic E-state index is 12.2. The normalized spacial score (nSPS) is 20.1. The highest BCUT2D eigenvalue weighted by atomic mass is 35.5. The van der Waals surface area contributed by atoms with Gasteiger partial charge in [0.1, 0.15) is 4.33 Å². The number of esters is 1. The van der Waals surface area contributed by atoms with Crippen LogP contribution in [-0.4, -0.2) is 27.1 Å². The van der Waals surface area contributed by atoms with Gasteiger partial charge >= 0.3 is 5.97 Å². The summed E-state index contributed by atoms with van der Waals surface area (Å²) in [6.45, 7) is 3.74. The predicted octanol–water partition coefficient (Wildman–Crippen LogP) is 3.19. The summed E-state index contributed by atoms with van der Waals surface area (Å²) in [7, 11) is 0. The summed E-state index contributed by atoms with van der Waals surface area (Å²) in [5.74, 6) is -0.445. The zero-order valence-electron chi connectivity index (χ0n) is 10.9. The molecule has 106 valence electrons. The van der Waals surface area contributed by atoms with E-state index in [1.54, 1.807) is 19.9 Å². The second kappa shape index (κ2) is 4.60. The van der Waals surface area contributed by atoms with Crippen LogP contribution >= 0.6 is 23.2 Å². The molecule has 0 amide bonds. The van der Waals surface area contributed by atoms with Crippen LogP contribution in [0.5, 0.6) is 0 Å². The standard InChI is InChI=1S/C13H12Cl2N2O3/c1-6-3-9(10-7(2)17-20-11(10)16-6)12(18)19-5-8-4-13(8,14)15/h3,8H,4-5H2,1-2H3. The molecule has 1 fully saturated rings. The van der Waals surface area contributed by atoms with Crippen LogP contribution in [0.25, 0.3) is 11.1 Å².